The highest BCUT2D eigenvalue weighted by molar-refractivity contribution is 5.80. The fourth-order valence-electron chi connectivity index (χ4n) is 2.17. The zero-order valence-corrected chi connectivity index (χ0v) is 13.6. The second-order valence-electron chi connectivity index (χ2n) is 5.31. The first kappa shape index (κ1) is 16.5. The van der Waals surface area contributed by atoms with Gasteiger partial charge in [0.05, 0.1) is 5.69 Å². The molecule has 0 aromatic carbocycles. The number of guanidine groups is 1. The summed E-state index contributed by atoms with van der Waals surface area (Å²) < 4.78 is 5.22. The highest BCUT2D eigenvalue weighted by atomic mass is 16.5. The normalized spacial score (nSPS) is 15.0. The van der Waals surface area contributed by atoms with Gasteiger partial charge in [-0.05, 0) is 34.1 Å². The van der Waals surface area contributed by atoms with E-state index in [0.717, 1.165) is 30.4 Å². The van der Waals surface area contributed by atoms with Crippen LogP contribution in [0.25, 0.3) is 0 Å². The number of aryl methyl sites for hydroxylation is 2. The van der Waals surface area contributed by atoms with Gasteiger partial charge in [-0.15, -0.1) is 0 Å². The van der Waals surface area contributed by atoms with Crippen LogP contribution in [-0.4, -0.2) is 30.2 Å². The summed E-state index contributed by atoms with van der Waals surface area (Å²) in [6, 6.07) is 0.419. The second kappa shape index (κ2) is 7.92. The Bertz CT molecular complexity index is 420. The van der Waals surface area contributed by atoms with Gasteiger partial charge in [-0.2, -0.15) is 0 Å². The van der Waals surface area contributed by atoms with Crippen LogP contribution in [0.15, 0.2) is 9.52 Å². The van der Waals surface area contributed by atoms with E-state index in [4.69, 9.17) is 4.52 Å². The Morgan fingerprint density at radius 1 is 1.30 bits per heavy atom. The Kier molecular flexibility index (Phi) is 6.55. The van der Waals surface area contributed by atoms with E-state index in [0.29, 0.717) is 18.5 Å². The number of nitrogens with zero attached hydrogens (tertiary/aromatic N) is 2. The van der Waals surface area contributed by atoms with Gasteiger partial charge in [-0.3, -0.25) is 4.99 Å². The number of hydrogen-bond donors (Lipinski definition) is 2. The summed E-state index contributed by atoms with van der Waals surface area (Å²) in [6.45, 7) is 14.1. The van der Waals surface area contributed by atoms with Crippen LogP contribution in [0.3, 0.4) is 0 Å². The van der Waals surface area contributed by atoms with Gasteiger partial charge < -0.3 is 15.2 Å². The zero-order valence-electron chi connectivity index (χ0n) is 13.6. The molecule has 0 aliphatic rings. The van der Waals surface area contributed by atoms with Crippen molar-refractivity contribution in [3.05, 3.63) is 17.0 Å². The lowest BCUT2D eigenvalue weighted by Gasteiger charge is -2.17. The van der Waals surface area contributed by atoms with E-state index >= 15 is 0 Å². The first-order valence-corrected chi connectivity index (χ1v) is 7.47. The number of hydrogen-bond acceptors (Lipinski definition) is 3. The summed E-state index contributed by atoms with van der Waals surface area (Å²) in [4.78, 5) is 4.66. The highest BCUT2D eigenvalue weighted by Gasteiger charge is 2.16. The molecule has 1 rings (SSSR count). The van der Waals surface area contributed by atoms with Gasteiger partial charge in [0, 0.05) is 30.6 Å². The molecule has 0 saturated heterocycles. The summed E-state index contributed by atoms with van der Waals surface area (Å²) in [7, 11) is 0. The topological polar surface area (TPSA) is 62.5 Å². The molecule has 2 atom stereocenters. The smallest absolute Gasteiger partial charge is 0.191 e. The molecule has 0 saturated carbocycles. The Morgan fingerprint density at radius 2 is 2.00 bits per heavy atom. The summed E-state index contributed by atoms with van der Waals surface area (Å²) >= 11 is 0. The Balaban J connectivity index is 2.71. The first-order valence-electron chi connectivity index (χ1n) is 7.47. The largest absolute Gasteiger partial charge is 0.361 e. The van der Waals surface area contributed by atoms with Crippen LogP contribution in [0.4, 0.5) is 0 Å². The van der Waals surface area contributed by atoms with E-state index in [2.05, 4.69) is 48.5 Å². The lowest BCUT2D eigenvalue weighted by molar-refractivity contribution is 0.391. The molecule has 20 heavy (non-hydrogen) atoms. The summed E-state index contributed by atoms with van der Waals surface area (Å²) in [5, 5.41) is 10.7. The first-order chi connectivity index (χ1) is 9.49. The third-order valence-corrected chi connectivity index (χ3v) is 3.44. The standard InChI is InChI=1S/C15H28N4O/c1-7-11(4)18-15(16-8-2)17-9-10(3)14-12(5)19-20-13(14)6/h10-11H,7-9H2,1-6H3,(H2,16,17,18). The van der Waals surface area contributed by atoms with Crippen molar-refractivity contribution in [2.45, 2.75) is 59.9 Å². The average molecular weight is 280 g/mol. The molecule has 114 valence electrons. The molecule has 0 fully saturated rings. The van der Waals surface area contributed by atoms with Crippen LogP contribution in [0.1, 0.15) is 57.1 Å². The molecule has 0 aliphatic heterocycles. The lowest BCUT2D eigenvalue weighted by Crippen LogP contribution is -2.42. The molecular formula is C15H28N4O. The van der Waals surface area contributed by atoms with Crippen LogP contribution in [0, 0.1) is 13.8 Å². The van der Waals surface area contributed by atoms with Crippen LogP contribution in [0.2, 0.25) is 0 Å². The lowest BCUT2D eigenvalue weighted by atomic mass is 10.00. The van der Waals surface area contributed by atoms with Crippen molar-refractivity contribution in [3.8, 4) is 0 Å². The summed E-state index contributed by atoms with van der Waals surface area (Å²) in [5.74, 6) is 2.07. The Morgan fingerprint density at radius 3 is 2.50 bits per heavy atom. The SMILES string of the molecule is CCNC(=NCC(C)c1c(C)noc1C)NC(C)CC. The van der Waals surface area contributed by atoms with Crippen molar-refractivity contribution in [1.29, 1.82) is 0 Å². The van der Waals surface area contributed by atoms with E-state index in [1.807, 2.05) is 13.8 Å². The number of aliphatic imine (C=N–C) groups is 1. The monoisotopic (exact) mass is 280 g/mol. The van der Waals surface area contributed by atoms with Gasteiger partial charge >= 0.3 is 0 Å². The van der Waals surface area contributed by atoms with E-state index < -0.39 is 0 Å². The van der Waals surface area contributed by atoms with E-state index in [9.17, 15) is 0 Å². The van der Waals surface area contributed by atoms with E-state index in [-0.39, 0.29) is 0 Å². The van der Waals surface area contributed by atoms with Crippen molar-refractivity contribution in [2.24, 2.45) is 4.99 Å². The van der Waals surface area contributed by atoms with Gasteiger partial charge in [0.25, 0.3) is 0 Å². The summed E-state index contributed by atoms with van der Waals surface area (Å²) in [6.07, 6.45) is 1.07. The van der Waals surface area contributed by atoms with Crippen molar-refractivity contribution in [3.63, 3.8) is 0 Å². The van der Waals surface area contributed by atoms with Crippen LogP contribution < -0.4 is 10.6 Å². The molecule has 5 nitrogen and oxygen atoms in total. The molecule has 0 spiro atoms. The quantitative estimate of drug-likeness (QED) is 0.621. The van der Waals surface area contributed by atoms with Crippen molar-refractivity contribution >= 4 is 5.96 Å². The zero-order chi connectivity index (χ0) is 15.1. The maximum absolute atomic E-state index is 5.22. The fourth-order valence-corrected chi connectivity index (χ4v) is 2.17. The molecular weight excluding hydrogens is 252 g/mol. The molecule has 2 unspecified atom stereocenters. The molecule has 0 bridgehead atoms. The minimum atomic E-state index is 0.300. The predicted molar refractivity (Wildman–Crippen MR) is 83.3 cm³/mol. The minimum absolute atomic E-state index is 0.300. The molecule has 0 radical (unpaired) electrons. The minimum Gasteiger partial charge on any atom is -0.361 e. The van der Waals surface area contributed by atoms with Gasteiger partial charge in [0.1, 0.15) is 5.76 Å². The molecule has 0 amide bonds. The van der Waals surface area contributed by atoms with E-state index in [1.165, 1.54) is 5.56 Å². The van der Waals surface area contributed by atoms with Crippen molar-refractivity contribution < 1.29 is 4.52 Å². The Labute approximate surface area is 122 Å². The maximum Gasteiger partial charge on any atom is 0.191 e. The third-order valence-electron chi connectivity index (χ3n) is 3.44. The predicted octanol–water partition coefficient (Wildman–Crippen LogP) is 2.75. The van der Waals surface area contributed by atoms with Gasteiger partial charge in [0.15, 0.2) is 5.96 Å². The van der Waals surface area contributed by atoms with Crippen molar-refractivity contribution in [1.82, 2.24) is 15.8 Å². The number of aromatic nitrogens is 1. The van der Waals surface area contributed by atoms with Crippen LogP contribution in [-0.2, 0) is 0 Å². The second-order valence-corrected chi connectivity index (χ2v) is 5.31. The molecule has 2 N–H and O–H groups in total. The van der Waals surface area contributed by atoms with Crippen LogP contribution in [0.5, 0.6) is 0 Å². The van der Waals surface area contributed by atoms with Crippen LogP contribution >= 0.6 is 0 Å². The maximum atomic E-state index is 5.22. The number of nitrogens with one attached hydrogen (secondary N) is 2. The fraction of sp³-hybridized carbons (Fsp3) is 0.733. The highest BCUT2D eigenvalue weighted by Crippen LogP contribution is 2.23. The Hall–Kier alpha value is -1.52. The molecule has 1 aromatic rings. The average Bonchev–Trinajstić information content (AvgIpc) is 2.75. The van der Waals surface area contributed by atoms with Gasteiger partial charge in [-0.1, -0.05) is 19.0 Å². The molecule has 1 aromatic heterocycles. The molecule has 5 heteroatoms. The van der Waals surface area contributed by atoms with E-state index in [1.54, 1.807) is 0 Å². The van der Waals surface area contributed by atoms with Gasteiger partial charge in [-0.25, -0.2) is 0 Å². The summed E-state index contributed by atoms with van der Waals surface area (Å²) in [5.41, 5.74) is 2.14. The van der Waals surface area contributed by atoms with Gasteiger partial charge in [0.2, 0.25) is 0 Å². The van der Waals surface area contributed by atoms with Crippen molar-refractivity contribution in [2.75, 3.05) is 13.1 Å². The third kappa shape index (κ3) is 4.54. The molecule has 0 aliphatic carbocycles. The number of rotatable bonds is 6. The molecule has 1 heterocycles.